The number of rotatable bonds is 8. The number of methoxy groups -OCH3 is 2. The highest BCUT2D eigenvalue weighted by atomic mass is 16.5. The van der Waals surface area contributed by atoms with E-state index in [4.69, 9.17) is 14.5 Å². The lowest BCUT2D eigenvalue weighted by Crippen LogP contribution is -2.39. The smallest absolute Gasteiger partial charge is 0.193 e. The number of pyridine rings is 1. The maximum Gasteiger partial charge on any atom is 0.193 e. The van der Waals surface area contributed by atoms with Gasteiger partial charge in [0.1, 0.15) is 0 Å². The van der Waals surface area contributed by atoms with Gasteiger partial charge in [-0.1, -0.05) is 30.3 Å². The number of ether oxygens (including phenoxy) is 2. The molecular formula is C24H30N4O2. The van der Waals surface area contributed by atoms with Gasteiger partial charge in [-0.3, -0.25) is 4.98 Å². The molecule has 0 aliphatic rings. The second-order valence-corrected chi connectivity index (χ2v) is 7.02. The van der Waals surface area contributed by atoms with Crippen molar-refractivity contribution in [1.29, 1.82) is 0 Å². The first-order valence-corrected chi connectivity index (χ1v) is 10.2. The Morgan fingerprint density at radius 3 is 2.63 bits per heavy atom. The van der Waals surface area contributed by atoms with Gasteiger partial charge in [0, 0.05) is 31.7 Å². The summed E-state index contributed by atoms with van der Waals surface area (Å²) in [4.78, 5) is 11.5. The average Bonchev–Trinajstić information content (AvgIpc) is 2.79. The van der Waals surface area contributed by atoms with E-state index in [9.17, 15) is 0 Å². The van der Waals surface area contributed by atoms with E-state index in [1.165, 1.54) is 5.56 Å². The molecule has 6 nitrogen and oxygen atoms in total. The van der Waals surface area contributed by atoms with Crippen molar-refractivity contribution in [2.45, 2.75) is 19.9 Å². The molecule has 0 spiro atoms. The third-order valence-electron chi connectivity index (χ3n) is 5.00. The molecule has 1 heterocycles. The summed E-state index contributed by atoms with van der Waals surface area (Å²) in [6.45, 7) is 4.30. The van der Waals surface area contributed by atoms with Crippen molar-refractivity contribution in [3.8, 4) is 11.5 Å². The summed E-state index contributed by atoms with van der Waals surface area (Å²) in [6, 6.07) is 16.3. The number of nitrogens with zero attached hydrogens (tertiary/aromatic N) is 3. The normalized spacial score (nSPS) is 11.4. The topological polar surface area (TPSA) is 59.0 Å². The number of guanidine groups is 1. The Labute approximate surface area is 178 Å². The van der Waals surface area contributed by atoms with Gasteiger partial charge in [-0.25, -0.2) is 4.99 Å². The van der Waals surface area contributed by atoms with Crippen LogP contribution in [0.2, 0.25) is 0 Å². The highest BCUT2D eigenvalue weighted by Gasteiger charge is 2.09. The number of fused-ring (bicyclic) bond motifs is 1. The summed E-state index contributed by atoms with van der Waals surface area (Å²) in [5.74, 6) is 2.38. The Hall–Kier alpha value is -3.28. The number of para-hydroxylation sites is 1. The molecule has 158 valence electrons. The first-order valence-electron chi connectivity index (χ1n) is 10.2. The molecule has 3 aromatic rings. The number of nitrogens with one attached hydrogen (secondary N) is 1. The van der Waals surface area contributed by atoms with Crippen molar-refractivity contribution < 1.29 is 9.47 Å². The number of likely N-dealkylation sites (N-methyl/N-ethyl adjacent to an activating group) is 1. The van der Waals surface area contributed by atoms with Gasteiger partial charge in [-0.15, -0.1) is 0 Å². The Balaban J connectivity index is 1.70. The quantitative estimate of drug-likeness (QED) is 0.454. The minimum absolute atomic E-state index is 0.581. The Kier molecular flexibility index (Phi) is 7.49. The van der Waals surface area contributed by atoms with Gasteiger partial charge >= 0.3 is 0 Å². The average molecular weight is 407 g/mol. The maximum atomic E-state index is 5.41. The van der Waals surface area contributed by atoms with Crippen LogP contribution in [0.1, 0.15) is 18.1 Å². The molecule has 0 aliphatic carbocycles. The van der Waals surface area contributed by atoms with Crippen molar-refractivity contribution in [3.05, 3.63) is 65.9 Å². The highest BCUT2D eigenvalue weighted by Crippen LogP contribution is 2.27. The van der Waals surface area contributed by atoms with E-state index in [0.29, 0.717) is 6.54 Å². The van der Waals surface area contributed by atoms with Crippen LogP contribution < -0.4 is 14.8 Å². The van der Waals surface area contributed by atoms with Gasteiger partial charge < -0.3 is 19.7 Å². The number of aliphatic imine (C=N–C) groups is 1. The van der Waals surface area contributed by atoms with Crippen molar-refractivity contribution in [3.63, 3.8) is 0 Å². The Morgan fingerprint density at radius 1 is 1.07 bits per heavy atom. The minimum atomic E-state index is 0.581. The predicted octanol–water partition coefficient (Wildman–Crippen LogP) is 3.89. The molecule has 2 aromatic carbocycles. The fourth-order valence-corrected chi connectivity index (χ4v) is 3.36. The van der Waals surface area contributed by atoms with Crippen molar-refractivity contribution in [2.75, 3.05) is 34.4 Å². The van der Waals surface area contributed by atoms with Crippen LogP contribution in [0.4, 0.5) is 0 Å². The van der Waals surface area contributed by atoms with E-state index in [2.05, 4.69) is 59.5 Å². The van der Waals surface area contributed by atoms with Crippen LogP contribution in [0, 0.1) is 0 Å². The molecule has 0 saturated heterocycles. The summed E-state index contributed by atoms with van der Waals surface area (Å²) >= 11 is 0. The van der Waals surface area contributed by atoms with Crippen LogP contribution in [-0.2, 0) is 13.0 Å². The zero-order valence-electron chi connectivity index (χ0n) is 18.2. The largest absolute Gasteiger partial charge is 0.493 e. The van der Waals surface area contributed by atoms with Gasteiger partial charge in [-0.2, -0.15) is 0 Å². The molecule has 0 fully saturated rings. The van der Waals surface area contributed by atoms with E-state index in [1.54, 1.807) is 14.2 Å². The summed E-state index contributed by atoms with van der Waals surface area (Å²) in [6.07, 6.45) is 2.70. The molecule has 6 heteroatoms. The Morgan fingerprint density at radius 2 is 1.87 bits per heavy atom. The van der Waals surface area contributed by atoms with E-state index in [-0.39, 0.29) is 0 Å². The van der Waals surface area contributed by atoms with Crippen LogP contribution in [0.25, 0.3) is 10.9 Å². The molecule has 1 aromatic heterocycles. The lowest BCUT2D eigenvalue weighted by molar-refractivity contribution is 0.354. The molecule has 0 atom stereocenters. The predicted molar refractivity (Wildman–Crippen MR) is 122 cm³/mol. The molecule has 1 N–H and O–H groups in total. The molecule has 0 amide bonds. The molecule has 0 unspecified atom stereocenters. The van der Waals surface area contributed by atoms with Crippen LogP contribution >= 0.6 is 0 Å². The number of aromatic nitrogens is 1. The zero-order chi connectivity index (χ0) is 21.3. The standard InChI is InChI=1S/C24H30N4O2/c1-5-25-24(27-17-20-9-6-8-19-10-7-14-26-23(19)20)28(2)15-13-18-11-12-21(29-3)22(16-18)30-4/h6-12,14,16H,5,13,15,17H2,1-4H3,(H,25,27). The lowest BCUT2D eigenvalue weighted by Gasteiger charge is -2.22. The monoisotopic (exact) mass is 406 g/mol. The SMILES string of the molecule is CCNC(=NCc1cccc2cccnc12)N(C)CCc1ccc(OC)c(OC)c1. The molecule has 30 heavy (non-hydrogen) atoms. The molecule has 3 rings (SSSR count). The van der Waals surface area contributed by atoms with Gasteiger partial charge in [0.2, 0.25) is 0 Å². The Bertz CT molecular complexity index is 998. The molecule has 0 saturated carbocycles. The number of hydrogen-bond donors (Lipinski definition) is 1. The highest BCUT2D eigenvalue weighted by molar-refractivity contribution is 5.83. The van der Waals surface area contributed by atoms with Crippen LogP contribution in [0.5, 0.6) is 11.5 Å². The summed E-state index contributed by atoms with van der Waals surface area (Å²) in [7, 11) is 5.37. The van der Waals surface area contributed by atoms with Crippen molar-refractivity contribution >= 4 is 16.9 Å². The first-order chi connectivity index (χ1) is 14.7. The van der Waals surface area contributed by atoms with Gasteiger partial charge in [0.25, 0.3) is 0 Å². The number of hydrogen-bond acceptors (Lipinski definition) is 4. The fourth-order valence-electron chi connectivity index (χ4n) is 3.36. The molecular weight excluding hydrogens is 376 g/mol. The summed E-state index contributed by atoms with van der Waals surface area (Å²) in [5.41, 5.74) is 3.32. The van der Waals surface area contributed by atoms with Gasteiger partial charge in [0.05, 0.1) is 26.3 Å². The van der Waals surface area contributed by atoms with Crippen LogP contribution in [-0.4, -0.2) is 50.2 Å². The minimum Gasteiger partial charge on any atom is -0.493 e. The van der Waals surface area contributed by atoms with E-state index < -0.39 is 0 Å². The van der Waals surface area contributed by atoms with Gasteiger partial charge in [0.15, 0.2) is 17.5 Å². The van der Waals surface area contributed by atoms with Gasteiger partial charge in [-0.05, 0) is 42.7 Å². The van der Waals surface area contributed by atoms with Crippen LogP contribution in [0.15, 0.2) is 59.7 Å². The molecule has 0 bridgehead atoms. The van der Waals surface area contributed by atoms with E-state index in [0.717, 1.165) is 53.4 Å². The fraction of sp³-hybridized carbons (Fsp3) is 0.333. The molecule has 0 aliphatic heterocycles. The summed E-state index contributed by atoms with van der Waals surface area (Å²) in [5, 5.41) is 4.52. The third-order valence-corrected chi connectivity index (χ3v) is 5.00. The second-order valence-electron chi connectivity index (χ2n) is 7.02. The third kappa shape index (κ3) is 5.20. The second kappa shape index (κ2) is 10.5. The lowest BCUT2D eigenvalue weighted by atomic mass is 10.1. The van der Waals surface area contributed by atoms with Crippen molar-refractivity contribution in [2.24, 2.45) is 4.99 Å². The molecule has 0 radical (unpaired) electrons. The van der Waals surface area contributed by atoms with E-state index in [1.807, 2.05) is 24.4 Å². The first kappa shape index (κ1) is 21.4. The van der Waals surface area contributed by atoms with Crippen molar-refractivity contribution in [1.82, 2.24) is 15.2 Å². The zero-order valence-corrected chi connectivity index (χ0v) is 18.2. The van der Waals surface area contributed by atoms with Crippen LogP contribution in [0.3, 0.4) is 0 Å². The van der Waals surface area contributed by atoms with E-state index >= 15 is 0 Å². The summed E-state index contributed by atoms with van der Waals surface area (Å²) < 4.78 is 10.7. The maximum absolute atomic E-state index is 5.41. The number of benzene rings is 2.